The zero-order chi connectivity index (χ0) is 25.5. The van der Waals surface area contributed by atoms with Gasteiger partial charge in [0.1, 0.15) is 0 Å². The Bertz CT molecular complexity index is 1850. The van der Waals surface area contributed by atoms with Gasteiger partial charge in [0.25, 0.3) is 0 Å². The minimum absolute atomic E-state index is 0.352. The molecule has 1 aliphatic rings. The van der Waals surface area contributed by atoms with E-state index in [0.29, 0.717) is 17.6 Å². The van der Waals surface area contributed by atoms with Crippen molar-refractivity contribution in [2.24, 2.45) is 5.92 Å². The van der Waals surface area contributed by atoms with Gasteiger partial charge in [0, 0.05) is 33.2 Å². The fourth-order valence-electron chi connectivity index (χ4n) is 5.36. The van der Waals surface area contributed by atoms with Gasteiger partial charge in [-0.1, -0.05) is 91.9 Å². The maximum atomic E-state index is 5.02. The van der Waals surface area contributed by atoms with Crippen LogP contribution in [0.15, 0.2) is 121 Å². The lowest BCUT2D eigenvalue weighted by atomic mass is 9.92. The van der Waals surface area contributed by atoms with Gasteiger partial charge >= 0.3 is 0 Å². The summed E-state index contributed by atoms with van der Waals surface area (Å²) in [5.41, 5.74) is 6.60. The second-order valence-electron chi connectivity index (χ2n) is 9.78. The minimum Gasteiger partial charge on any atom is -0.309 e. The highest BCUT2D eigenvalue weighted by atomic mass is 15.0. The normalized spacial score (nSPS) is 15.2. The lowest BCUT2D eigenvalue weighted by Gasteiger charge is -2.17. The highest BCUT2D eigenvalue weighted by Gasteiger charge is 2.19. The van der Waals surface area contributed by atoms with Crippen LogP contribution in [0.25, 0.3) is 55.8 Å². The molecule has 4 heteroatoms. The van der Waals surface area contributed by atoms with E-state index in [1.165, 1.54) is 16.3 Å². The van der Waals surface area contributed by atoms with Crippen molar-refractivity contribution < 1.29 is 0 Å². The third-order valence-electron chi connectivity index (χ3n) is 7.30. The van der Waals surface area contributed by atoms with Crippen LogP contribution < -0.4 is 0 Å². The third-order valence-corrected chi connectivity index (χ3v) is 7.30. The molecule has 1 unspecified atom stereocenters. The van der Waals surface area contributed by atoms with E-state index in [1.807, 2.05) is 18.2 Å². The number of hydrogen-bond donors (Lipinski definition) is 0. The summed E-state index contributed by atoms with van der Waals surface area (Å²) in [5, 5.41) is 2.39. The summed E-state index contributed by atoms with van der Waals surface area (Å²) in [4.78, 5) is 14.9. The van der Waals surface area contributed by atoms with Crippen LogP contribution in [0.1, 0.15) is 19.2 Å². The minimum atomic E-state index is 0.352. The van der Waals surface area contributed by atoms with E-state index >= 15 is 0 Å². The molecule has 0 saturated heterocycles. The van der Waals surface area contributed by atoms with E-state index in [0.717, 1.165) is 40.1 Å². The largest absolute Gasteiger partial charge is 0.309 e. The summed E-state index contributed by atoms with van der Waals surface area (Å²) in [5.74, 6) is 2.48. The molecule has 0 bridgehead atoms. The van der Waals surface area contributed by atoms with Crippen LogP contribution in [0, 0.1) is 5.92 Å². The molecule has 0 fully saturated rings. The number of rotatable bonds is 4. The Hall–Kier alpha value is -4.83. The van der Waals surface area contributed by atoms with Gasteiger partial charge in [-0.2, -0.15) is 0 Å². The molecule has 4 aromatic carbocycles. The van der Waals surface area contributed by atoms with E-state index in [1.54, 1.807) is 0 Å². The second-order valence-corrected chi connectivity index (χ2v) is 9.78. The first-order valence-corrected chi connectivity index (χ1v) is 13.0. The average molecular weight is 491 g/mol. The Labute approximate surface area is 221 Å². The molecule has 2 heterocycles. The molecule has 0 aliphatic heterocycles. The molecule has 2 aromatic heterocycles. The van der Waals surface area contributed by atoms with Gasteiger partial charge in [0.2, 0.25) is 0 Å². The molecule has 0 saturated carbocycles. The van der Waals surface area contributed by atoms with Crippen LogP contribution in [0.5, 0.6) is 0 Å². The van der Waals surface area contributed by atoms with Crippen LogP contribution in [0.2, 0.25) is 0 Å². The van der Waals surface area contributed by atoms with Gasteiger partial charge in [0.05, 0.1) is 11.0 Å². The predicted molar refractivity (Wildman–Crippen MR) is 156 cm³/mol. The zero-order valence-corrected chi connectivity index (χ0v) is 21.1. The van der Waals surface area contributed by atoms with Crippen LogP contribution >= 0.6 is 0 Å². The zero-order valence-electron chi connectivity index (χ0n) is 21.1. The van der Waals surface area contributed by atoms with Gasteiger partial charge in [0.15, 0.2) is 17.5 Å². The van der Waals surface area contributed by atoms with Crippen molar-refractivity contribution in [1.29, 1.82) is 0 Å². The molecule has 182 valence electrons. The summed E-state index contributed by atoms with van der Waals surface area (Å²) < 4.78 is 2.32. The SMILES string of the molecule is CC1CC=CC=C1c1nc(-c2ccccc2)nc(-c2ccc3c(c2)c2ccccc2n3-c2ccccc2)n1. The van der Waals surface area contributed by atoms with E-state index in [2.05, 4.69) is 115 Å². The number of nitrogens with zero attached hydrogens (tertiary/aromatic N) is 4. The van der Waals surface area contributed by atoms with Crippen LogP contribution in [0.4, 0.5) is 0 Å². The first kappa shape index (κ1) is 22.4. The lowest BCUT2D eigenvalue weighted by Crippen LogP contribution is -2.08. The molecule has 0 amide bonds. The van der Waals surface area contributed by atoms with E-state index < -0.39 is 0 Å². The van der Waals surface area contributed by atoms with Gasteiger partial charge in [-0.3, -0.25) is 0 Å². The van der Waals surface area contributed by atoms with Crippen LogP contribution in [-0.4, -0.2) is 19.5 Å². The van der Waals surface area contributed by atoms with Crippen molar-refractivity contribution in [3.05, 3.63) is 127 Å². The molecule has 1 aliphatic carbocycles. The van der Waals surface area contributed by atoms with Gasteiger partial charge < -0.3 is 4.57 Å². The lowest BCUT2D eigenvalue weighted by molar-refractivity contribution is 0.747. The van der Waals surface area contributed by atoms with Crippen molar-refractivity contribution in [2.45, 2.75) is 13.3 Å². The van der Waals surface area contributed by atoms with Crippen molar-refractivity contribution in [1.82, 2.24) is 19.5 Å². The Morgan fingerprint density at radius 3 is 2.08 bits per heavy atom. The summed E-state index contributed by atoms with van der Waals surface area (Å²) in [7, 11) is 0. The topological polar surface area (TPSA) is 43.6 Å². The maximum Gasteiger partial charge on any atom is 0.164 e. The molecule has 4 nitrogen and oxygen atoms in total. The number of fused-ring (bicyclic) bond motifs is 3. The smallest absolute Gasteiger partial charge is 0.164 e. The van der Waals surface area contributed by atoms with Gasteiger partial charge in [-0.05, 0) is 48.7 Å². The van der Waals surface area contributed by atoms with Crippen molar-refractivity contribution in [2.75, 3.05) is 0 Å². The molecule has 0 N–H and O–H groups in total. The summed E-state index contributed by atoms with van der Waals surface area (Å²) >= 11 is 0. The molecular formula is C34H26N4. The fourth-order valence-corrected chi connectivity index (χ4v) is 5.36. The highest BCUT2D eigenvalue weighted by molar-refractivity contribution is 6.10. The van der Waals surface area contributed by atoms with Crippen molar-refractivity contribution in [3.63, 3.8) is 0 Å². The van der Waals surface area contributed by atoms with Gasteiger partial charge in [-0.15, -0.1) is 0 Å². The summed E-state index contributed by atoms with van der Waals surface area (Å²) in [6, 6.07) is 35.8. The first-order valence-electron chi connectivity index (χ1n) is 13.0. The standard InChI is InChI=1S/C34H26N4/c1-23-12-8-9-17-27(23)34-36-32(24-13-4-2-5-14-24)35-33(37-34)25-20-21-31-29(22-25)28-18-10-11-19-30(28)38(31)26-15-6-3-7-16-26/h2-11,13-23H,12H2,1H3. The quantitative estimate of drug-likeness (QED) is 0.250. The average Bonchev–Trinajstić information content (AvgIpc) is 3.32. The predicted octanol–water partition coefficient (Wildman–Crippen LogP) is 8.28. The molecule has 0 radical (unpaired) electrons. The summed E-state index contributed by atoms with van der Waals surface area (Å²) in [6.45, 7) is 2.23. The molecular weight excluding hydrogens is 464 g/mol. The molecule has 6 aromatic rings. The monoisotopic (exact) mass is 490 g/mol. The van der Waals surface area contributed by atoms with Crippen molar-refractivity contribution >= 4 is 27.4 Å². The van der Waals surface area contributed by atoms with E-state index in [9.17, 15) is 0 Å². The Balaban J connectivity index is 1.45. The third kappa shape index (κ3) is 3.82. The van der Waals surface area contributed by atoms with Crippen LogP contribution in [-0.2, 0) is 0 Å². The maximum absolute atomic E-state index is 5.02. The molecule has 1 atom stereocenters. The highest BCUT2D eigenvalue weighted by Crippen LogP contribution is 2.35. The fraction of sp³-hybridized carbons (Fsp3) is 0.0882. The Kier molecular flexibility index (Phi) is 5.44. The Morgan fingerprint density at radius 2 is 1.29 bits per heavy atom. The van der Waals surface area contributed by atoms with E-state index in [-0.39, 0.29) is 0 Å². The number of para-hydroxylation sites is 2. The van der Waals surface area contributed by atoms with Gasteiger partial charge in [-0.25, -0.2) is 15.0 Å². The van der Waals surface area contributed by atoms with Crippen LogP contribution in [0.3, 0.4) is 0 Å². The summed E-state index contributed by atoms with van der Waals surface area (Å²) in [6.07, 6.45) is 7.42. The van der Waals surface area contributed by atoms with E-state index in [4.69, 9.17) is 15.0 Å². The first-order chi connectivity index (χ1) is 18.8. The number of allylic oxidation sites excluding steroid dienone is 4. The second kappa shape index (κ2) is 9.24. The molecule has 0 spiro atoms. The number of aromatic nitrogens is 4. The van der Waals surface area contributed by atoms with Crippen molar-refractivity contribution in [3.8, 4) is 28.5 Å². The molecule has 38 heavy (non-hydrogen) atoms. The molecule has 7 rings (SSSR count). The Morgan fingerprint density at radius 1 is 0.632 bits per heavy atom. The number of hydrogen-bond acceptors (Lipinski definition) is 3. The number of benzene rings is 4.